The average Bonchev–Trinajstić information content (AvgIpc) is 3.14. The summed E-state index contributed by atoms with van der Waals surface area (Å²) in [4.78, 5) is 16.5. The first-order valence-corrected chi connectivity index (χ1v) is 11.2. The van der Waals surface area contributed by atoms with Gasteiger partial charge >= 0.3 is 0 Å². The number of carbonyl (C=O) groups excluding carboxylic acids is 1. The molecular formula is C18H30N4O3S. The van der Waals surface area contributed by atoms with Gasteiger partial charge in [-0.25, -0.2) is 13.4 Å². The zero-order valence-corrected chi connectivity index (χ0v) is 16.5. The van der Waals surface area contributed by atoms with Crippen molar-refractivity contribution in [3.8, 4) is 0 Å². The first kappa shape index (κ1) is 19.4. The van der Waals surface area contributed by atoms with Crippen LogP contribution in [0.1, 0.15) is 52.4 Å². The number of aryl methyl sites for hydroxylation is 1. The number of piperidine rings is 1. The van der Waals surface area contributed by atoms with Crippen LogP contribution in [-0.4, -0.2) is 47.3 Å². The molecule has 1 aromatic rings. The predicted molar refractivity (Wildman–Crippen MR) is 98.9 cm³/mol. The lowest BCUT2D eigenvalue weighted by Gasteiger charge is -2.32. The highest BCUT2D eigenvalue weighted by Crippen LogP contribution is 2.26. The number of amides is 1. The maximum absolute atomic E-state index is 12.7. The van der Waals surface area contributed by atoms with Crippen LogP contribution in [0.15, 0.2) is 17.6 Å². The van der Waals surface area contributed by atoms with E-state index in [2.05, 4.69) is 17.2 Å². The van der Waals surface area contributed by atoms with Gasteiger partial charge in [0.25, 0.3) is 10.0 Å². The quantitative estimate of drug-likeness (QED) is 0.844. The van der Waals surface area contributed by atoms with Crippen molar-refractivity contribution in [2.75, 3.05) is 13.1 Å². The Morgan fingerprint density at radius 2 is 1.85 bits per heavy atom. The summed E-state index contributed by atoms with van der Waals surface area (Å²) in [5, 5.41) is 3.28. The SMILES string of the molecule is CCn1cnc(S(=O)(=O)N2CCC(C(=O)NC3CCC(C)CC3)CC2)c1. The lowest BCUT2D eigenvalue weighted by molar-refractivity contribution is -0.127. The van der Waals surface area contributed by atoms with E-state index < -0.39 is 10.0 Å². The molecule has 1 aromatic heterocycles. The monoisotopic (exact) mass is 382 g/mol. The van der Waals surface area contributed by atoms with Gasteiger partial charge < -0.3 is 9.88 Å². The van der Waals surface area contributed by atoms with Gasteiger partial charge in [0.2, 0.25) is 5.91 Å². The molecule has 0 spiro atoms. The summed E-state index contributed by atoms with van der Waals surface area (Å²) in [5.41, 5.74) is 0. The second-order valence-electron chi connectivity index (χ2n) is 7.69. The number of rotatable bonds is 5. The Labute approximate surface area is 156 Å². The molecule has 1 aliphatic carbocycles. The standard InChI is InChI=1S/C18H30N4O3S/c1-3-21-12-17(19-13-21)26(24,25)22-10-8-15(9-11-22)18(23)20-16-6-4-14(2)5-7-16/h12-16H,3-11H2,1-2H3,(H,20,23). The van der Waals surface area contributed by atoms with Gasteiger partial charge in [-0.15, -0.1) is 0 Å². The van der Waals surface area contributed by atoms with E-state index in [-0.39, 0.29) is 16.9 Å². The van der Waals surface area contributed by atoms with Crippen LogP contribution in [0.25, 0.3) is 0 Å². The number of nitrogens with one attached hydrogen (secondary N) is 1. The summed E-state index contributed by atoms with van der Waals surface area (Å²) in [7, 11) is -3.56. The smallest absolute Gasteiger partial charge is 0.262 e. The van der Waals surface area contributed by atoms with Crippen LogP contribution in [0.3, 0.4) is 0 Å². The van der Waals surface area contributed by atoms with Crippen molar-refractivity contribution in [2.24, 2.45) is 11.8 Å². The summed E-state index contributed by atoms with van der Waals surface area (Å²) in [5.74, 6) is 0.763. The van der Waals surface area contributed by atoms with E-state index >= 15 is 0 Å². The van der Waals surface area contributed by atoms with E-state index in [0.717, 1.165) is 18.8 Å². The maximum Gasteiger partial charge on any atom is 0.262 e. The molecule has 0 atom stereocenters. The third-order valence-corrected chi connectivity index (χ3v) is 7.55. The molecule has 1 saturated heterocycles. The predicted octanol–water partition coefficient (Wildman–Crippen LogP) is 2.00. The van der Waals surface area contributed by atoms with Crippen LogP contribution in [0.4, 0.5) is 0 Å². The zero-order chi connectivity index (χ0) is 18.7. The number of sulfonamides is 1. The van der Waals surface area contributed by atoms with Crippen molar-refractivity contribution >= 4 is 15.9 Å². The third-order valence-electron chi connectivity index (χ3n) is 5.77. The number of hydrogen-bond acceptors (Lipinski definition) is 4. The van der Waals surface area contributed by atoms with Crippen LogP contribution in [-0.2, 0) is 21.4 Å². The number of imidazole rings is 1. The molecule has 1 N–H and O–H groups in total. The fourth-order valence-corrected chi connectivity index (χ4v) is 5.26. The summed E-state index contributed by atoms with van der Waals surface area (Å²) >= 11 is 0. The second-order valence-corrected chi connectivity index (χ2v) is 9.57. The van der Waals surface area contributed by atoms with Crippen molar-refractivity contribution in [2.45, 2.75) is 70.0 Å². The molecule has 2 fully saturated rings. The van der Waals surface area contributed by atoms with Gasteiger partial charge in [-0.1, -0.05) is 6.92 Å². The largest absolute Gasteiger partial charge is 0.353 e. The van der Waals surface area contributed by atoms with Gasteiger partial charge in [-0.05, 0) is 51.4 Å². The molecule has 1 aliphatic heterocycles. The molecule has 0 bridgehead atoms. The van der Waals surface area contributed by atoms with E-state index in [9.17, 15) is 13.2 Å². The van der Waals surface area contributed by atoms with Gasteiger partial charge in [0.05, 0.1) is 6.33 Å². The van der Waals surface area contributed by atoms with Crippen molar-refractivity contribution < 1.29 is 13.2 Å². The minimum Gasteiger partial charge on any atom is -0.353 e. The molecule has 146 valence electrons. The van der Waals surface area contributed by atoms with Crippen molar-refractivity contribution in [1.29, 1.82) is 0 Å². The summed E-state index contributed by atoms with van der Waals surface area (Å²) in [6, 6.07) is 0.290. The maximum atomic E-state index is 12.7. The van der Waals surface area contributed by atoms with Crippen molar-refractivity contribution in [3.05, 3.63) is 12.5 Å². The Kier molecular flexibility index (Phi) is 6.02. The fourth-order valence-electron chi connectivity index (χ4n) is 3.86. The number of hydrogen-bond donors (Lipinski definition) is 1. The molecule has 3 rings (SSSR count). The van der Waals surface area contributed by atoms with E-state index in [4.69, 9.17) is 0 Å². The molecule has 1 amide bonds. The molecule has 26 heavy (non-hydrogen) atoms. The molecule has 7 nitrogen and oxygen atoms in total. The van der Waals surface area contributed by atoms with Crippen LogP contribution >= 0.6 is 0 Å². The molecule has 2 heterocycles. The van der Waals surface area contributed by atoms with E-state index in [1.807, 2.05) is 6.92 Å². The minimum atomic E-state index is -3.56. The van der Waals surface area contributed by atoms with Crippen molar-refractivity contribution in [1.82, 2.24) is 19.2 Å². The Morgan fingerprint density at radius 1 is 1.19 bits per heavy atom. The molecule has 0 aromatic carbocycles. The first-order chi connectivity index (χ1) is 12.4. The lowest BCUT2D eigenvalue weighted by Crippen LogP contribution is -2.46. The van der Waals surface area contributed by atoms with Crippen LogP contribution in [0.2, 0.25) is 0 Å². The zero-order valence-electron chi connectivity index (χ0n) is 15.7. The number of aromatic nitrogens is 2. The number of carbonyl (C=O) groups is 1. The molecular weight excluding hydrogens is 352 g/mol. The fraction of sp³-hybridized carbons (Fsp3) is 0.778. The summed E-state index contributed by atoms with van der Waals surface area (Å²) < 4.78 is 28.6. The Balaban J connectivity index is 1.52. The van der Waals surface area contributed by atoms with E-state index in [1.54, 1.807) is 10.8 Å². The van der Waals surface area contributed by atoms with Crippen LogP contribution in [0, 0.1) is 11.8 Å². The van der Waals surface area contributed by atoms with Gasteiger partial charge in [0, 0.05) is 37.8 Å². The Hall–Kier alpha value is -1.41. The second kappa shape index (κ2) is 8.08. The third kappa shape index (κ3) is 4.28. The Bertz CT molecular complexity index is 715. The Morgan fingerprint density at radius 3 is 2.42 bits per heavy atom. The first-order valence-electron chi connectivity index (χ1n) is 9.72. The molecule has 1 saturated carbocycles. The van der Waals surface area contributed by atoms with E-state index in [0.29, 0.717) is 38.5 Å². The van der Waals surface area contributed by atoms with Gasteiger partial charge in [-0.2, -0.15) is 4.31 Å². The summed E-state index contributed by atoms with van der Waals surface area (Å²) in [6.45, 7) is 5.64. The summed E-state index contributed by atoms with van der Waals surface area (Å²) in [6.07, 6.45) is 8.71. The molecule has 0 unspecified atom stereocenters. The van der Waals surface area contributed by atoms with Crippen molar-refractivity contribution in [3.63, 3.8) is 0 Å². The molecule has 2 aliphatic rings. The minimum absolute atomic E-state index is 0.0889. The molecule has 8 heteroatoms. The van der Waals surface area contributed by atoms with Gasteiger partial charge in [0.15, 0.2) is 5.03 Å². The highest BCUT2D eigenvalue weighted by molar-refractivity contribution is 7.89. The van der Waals surface area contributed by atoms with E-state index in [1.165, 1.54) is 23.5 Å². The van der Waals surface area contributed by atoms with Crippen LogP contribution in [0.5, 0.6) is 0 Å². The lowest BCUT2D eigenvalue weighted by atomic mass is 9.87. The van der Waals surface area contributed by atoms with Gasteiger partial charge in [-0.3, -0.25) is 4.79 Å². The highest BCUT2D eigenvalue weighted by atomic mass is 32.2. The highest BCUT2D eigenvalue weighted by Gasteiger charge is 2.34. The molecule has 0 radical (unpaired) electrons. The van der Waals surface area contributed by atoms with Gasteiger partial charge in [0.1, 0.15) is 0 Å². The number of nitrogens with zero attached hydrogens (tertiary/aromatic N) is 3. The normalized spacial score (nSPS) is 25.9. The average molecular weight is 383 g/mol. The topological polar surface area (TPSA) is 84.3 Å². The van der Waals surface area contributed by atoms with Crippen LogP contribution < -0.4 is 5.32 Å².